The summed E-state index contributed by atoms with van der Waals surface area (Å²) in [5.74, 6) is 1.99. The minimum absolute atomic E-state index is 0.00738. The van der Waals surface area contributed by atoms with E-state index in [-0.39, 0.29) is 24.5 Å². The Balaban J connectivity index is 1.50. The maximum Gasteiger partial charge on any atom is 0.253 e. The maximum absolute atomic E-state index is 12.7. The van der Waals surface area contributed by atoms with E-state index in [2.05, 4.69) is 19.2 Å². The van der Waals surface area contributed by atoms with Gasteiger partial charge in [-0.05, 0) is 43.4 Å². The third-order valence-corrected chi connectivity index (χ3v) is 4.79. The molecule has 0 radical (unpaired) electrons. The van der Waals surface area contributed by atoms with Crippen molar-refractivity contribution in [2.45, 2.75) is 33.1 Å². The Bertz CT molecular complexity index is 636. The van der Waals surface area contributed by atoms with Crippen LogP contribution in [0, 0.1) is 11.8 Å². The van der Waals surface area contributed by atoms with E-state index in [0.717, 1.165) is 13.0 Å². The van der Waals surface area contributed by atoms with Gasteiger partial charge >= 0.3 is 0 Å². The fraction of sp³-hybridized carbons (Fsp3) is 0.579. The molecule has 0 aromatic heterocycles. The molecule has 2 aliphatic rings. The van der Waals surface area contributed by atoms with Crippen LogP contribution in [0.4, 0.5) is 0 Å². The topological polar surface area (TPSA) is 67.9 Å². The monoisotopic (exact) mass is 346 g/mol. The highest BCUT2D eigenvalue weighted by Crippen LogP contribution is 2.33. The quantitative estimate of drug-likeness (QED) is 0.889. The van der Waals surface area contributed by atoms with Crippen molar-refractivity contribution in [3.63, 3.8) is 0 Å². The number of amides is 2. The van der Waals surface area contributed by atoms with Gasteiger partial charge in [-0.2, -0.15) is 0 Å². The highest BCUT2D eigenvalue weighted by Gasteiger charge is 2.28. The van der Waals surface area contributed by atoms with Crippen LogP contribution in [0.5, 0.6) is 11.5 Å². The molecule has 0 spiro atoms. The third-order valence-electron chi connectivity index (χ3n) is 4.79. The van der Waals surface area contributed by atoms with Gasteiger partial charge in [0.25, 0.3) is 5.91 Å². The number of carbonyl (C=O) groups excluding carboxylic acids is 2. The first-order chi connectivity index (χ1) is 12.0. The second kappa shape index (κ2) is 7.76. The van der Waals surface area contributed by atoms with Crippen molar-refractivity contribution in [3.05, 3.63) is 23.8 Å². The van der Waals surface area contributed by atoms with Crippen LogP contribution in [0.3, 0.4) is 0 Å². The van der Waals surface area contributed by atoms with Gasteiger partial charge in [0.2, 0.25) is 12.7 Å². The summed E-state index contributed by atoms with van der Waals surface area (Å²) in [5, 5.41) is 3.01. The van der Waals surface area contributed by atoms with Crippen molar-refractivity contribution < 1.29 is 19.1 Å². The van der Waals surface area contributed by atoms with E-state index in [1.165, 1.54) is 0 Å². The second-order valence-electron chi connectivity index (χ2n) is 7.11. The minimum Gasteiger partial charge on any atom is -0.454 e. The number of hydrogen-bond acceptors (Lipinski definition) is 4. The second-order valence-corrected chi connectivity index (χ2v) is 7.11. The number of benzene rings is 1. The maximum atomic E-state index is 12.7. The molecule has 1 fully saturated rings. The van der Waals surface area contributed by atoms with Gasteiger partial charge < -0.3 is 19.7 Å². The van der Waals surface area contributed by atoms with Gasteiger partial charge in [-0.3, -0.25) is 9.59 Å². The molecule has 25 heavy (non-hydrogen) atoms. The van der Waals surface area contributed by atoms with Gasteiger partial charge in [-0.1, -0.05) is 13.8 Å². The fourth-order valence-electron chi connectivity index (χ4n) is 3.19. The number of ether oxygens (including phenoxy) is 2. The van der Waals surface area contributed by atoms with E-state index in [1.54, 1.807) is 18.2 Å². The molecular weight excluding hydrogens is 320 g/mol. The molecule has 136 valence electrons. The summed E-state index contributed by atoms with van der Waals surface area (Å²) < 4.78 is 10.6. The molecule has 6 heteroatoms. The Labute approximate surface area is 148 Å². The van der Waals surface area contributed by atoms with Crippen LogP contribution in [0.25, 0.3) is 0 Å². The molecule has 0 aliphatic carbocycles. The van der Waals surface area contributed by atoms with E-state index in [9.17, 15) is 9.59 Å². The predicted molar refractivity (Wildman–Crippen MR) is 93.7 cm³/mol. The standard InChI is InChI=1S/C19H26N2O4/c1-13(2)5-8-20-18(22)14-6-9-21(10-7-14)19(23)15-3-4-16-17(11-15)25-12-24-16/h3-4,11,13-14H,5-10,12H2,1-2H3,(H,20,22). The zero-order chi connectivity index (χ0) is 17.8. The van der Waals surface area contributed by atoms with Gasteiger partial charge in [0, 0.05) is 31.1 Å². The lowest BCUT2D eigenvalue weighted by Crippen LogP contribution is -2.43. The Morgan fingerprint density at radius 2 is 1.92 bits per heavy atom. The first kappa shape index (κ1) is 17.6. The Hall–Kier alpha value is -2.24. The van der Waals surface area contributed by atoms with Crippen molar-refractivity contribution in [1.82, 2.24) is 10.2 Å². The largest absolute Gasteiger partial charge is 0.454 e. The van der Waals surface area contributed by atoms with E-state index in [4.69, 9.17) is 9.47 Å². The molecule has 2 amide bonds. The van der Waals surface area contributed by atoms with E-state index < -0.39 is 0 Å². The van der Waals surface area contributed by atoms with Gasteiger partial charge in [0.05, 0.1) is 0 Å². The highest BCUT2D eigenvalue weighted by atomic mass is 16.7. The van der Waals surface area contributed by atoms with Crippen molar-refractivity contribution in [3.8, 4) is 11.5 Å². The predicted octanol–water partition coefficient (Wildman–Crippen LogP) is 2.43. The molecular formula is C19H26N2O4. The first-order valence-electron chi connectivity index (χ1n) is 9.01. The summed E-state index contributed by atoms with van der Waals surface area (Å²) in [5.41, 5.74) is 0.601. The molecule has 2 heterocycles. The number of likely N-dealkylation sites (tertiary alicyclic amines) is 1. The molecule has 1 aromatic carbocycles. The number of rotatable bonds is 5. The molecule has 6 nitrogen and oxygen atoms in total. The fourth-order valence-corrected chi connectivity index (χ4v) is 3.19. The van der Waals surface area contributed by atoms with E-state index >= 15 is 0 Å². The Morgan fingerprint density at radius 1 is 1.20 bits per heavy atom. The summed E-state index contributed by atoms with van der Waals surface area (Å²) in [4.78, 5) is 26.7. The molecule has 0 bridgehead atoms. The van der Waals surface area contributed by atoms with Gasteiger partial charge in [-0.15, -0.1) is 0 Å². The Morgan fingerprint density at radius 3 is 2.64 bits per heavy atom. The van der Waals surface area contributed by atoms with Gasteiger partial charge in [0.1, 0.15) is 0 Å². The smallest absolute Gasteiger partial charge is 0.253 e. The van der Waals surface area contributed by atoms with Crippen molar-refractivity contribution in [2.75, 3.05) is 26.4 Å². The van der Waals surface area contributed by atoms with Crippen LogP contribution < -0.4 is 14.8 Å². The SMILES string of the molecule is CC(C)CCNC(=O)C1CCN(C(=O)c2ccc3c(c2)OCO3)CC1. The summed E-state index contributed by atoms with van der Waals surface area (Å²) in [6, 6.07) is 5.26. The zero-order valence-electron chi connectivity index (χ0n) is 14.9. The molecule has 1 N–H and O–H groups in total. The van der Waals surface area contributed by atoms with Crippen LogP contribution in [-0.2, 0) is 4.79 Å². The molecule has 3 rings (SSSR count). The molecule has 1 saturated heterocycles. The minimum atomic E-state index is -0.0167. The number of fused-ring (bicyclic) bond motifs is 1. The van der Waals surface area contributed by atoms with Crippen molar-refractivity contribution in [1.29, 1.82) is 0 Å². The molecule has 1 aromatic rings. The Kier molecular flexibility index (Phi) is 5.46. The number of hydrogen-bond donors (Lipinski definition) is 1. The van der Waals surface area contributed by atoms with Crippen LogP contribution in [-0.4, -0.2) is 43.1 Å². The van der Waals surface area contributed by atoms with Gasteiger partial charge in [0.15, 0.2) is 11.5 Å². The van der Waals surface area contributed by atoms with Crippen LogP contribution in [0.2, 0.25) is 0 Å². The van der Waals surface area contributed by atoms with E-state index in [0.29, 0.717) is 48.9 Å². The summed E-state index contributed by atoms with van der Waals surface area (Å²) in [7, 11) is 0. The molecule has 2 aliphatic heterocycles. The molecule has 0 saturated carbocycles. The number of nitrogens with one attached hydrogen (secondary N) is 1. The van der Waals surface area contributed by atoms with Gasteiger partial charge in [-0.25, -0.2) is 0 Å². The normalized spacial score (nSPS) is 17.0. The summed E-state index contributed by atoms with van der Waals surface area (Å²) in [6.07, 6.45) is 2.42. The average molecular weight is 346 g/mol. The number of piperidine rings is 1. The van der Waals surface area contributed by atoms with Crippen molar-refractivity contribution >= 4 is 11.8 Å². The van der Waals surface area contributed by atoms with Crippen molar-refractivity contribution in [2.24, 2.45) is 11.8 Å². The summed E-state index contributed by atoms with van der Waals surface area (Å²) in [6.45, 7) is 6.43. The molecule has 0 atom stereocenters. The van der Waals surface area contributed by atoms with Crippen LogP contribution in [0.15, 0.2) is 18.2 Å². The number of carbonyl (C=O) groups is 2. The average Bonchev–Trinajstić information content (AvgIpc) is 3.08. The lowest BCUT2D eigenvalue weighted by Gasteiger charge is -2.31. The lowest BCUT2D eigenvalue weighted by atomic mass is 9.95. The van der Waals surface area contributed by atoms with Crippen LogP contribution in [0.1, 0.15) is 43.5 Å². The van der Waals surface area contributed by atoms with Crippen LogP contribution >= 0.6 is 0 Å². The third kappa shape index (κ3) is 4.24. The summed E-state index contributed by atoms with van der Waals surface area (Å²) >= 11 is 0. The zero-order valence-corrected chi connectivity index (χ0v) is 14.9. The highest BCUT2D eigenvalue weighted by molar-refractivity contribution is 5.95. The first-order valence-corrected chi connectivity index (χ1v) is 9.01. The number of nitrogens with zero attached hydrogens (tertiary/aromatic N) is 1. The molecule has 0 unspecified atom stereocenters. The lowest BCUT2D eigenvalue weighted by molar-refractivity contribution is -0.126. The van der Waals surface area contributed by atoms with E-state index in [1.807, 2.05) is 4.90 Å².